The molecule has 0 saturated heterocycles. The molecule has 0 spiro atoms. The molecule has 0 aromatic rings. The average Bonchev–Trinajstić information content (AvgIpc) is 2.68. The Hall–Kier alpha value is -0.570. The third kappa shape index (κ3) is 1.70. The predicted molar refractivity (Wildman–Crippen MR) is 36.5 cm³/mol. The van der Waals surface area contributed by atoms with Gasteiger partial charge in [-0.3, -0.25) is 10.0 Å². The molecule has 1 N–H and O–H groups in total. The third-order valence-electron chi connectivity index (χ3n) is 1.62. The zero-order valence-corrected chi connectivity index (χ0v) is 6.21. The SMILES string of the molecule is CCCN(O)C(=O)C1CC1. The first-order valence-electron chi connectivity index (χ1n) is 3.76. The first-order valence-corrected chi connectivity index (χ1v) is 3.76. The summed E-state index contributed by atoms with van der Waals surface area (Å²) in [6.07, 6.45) is 2.73. The Morgan fingerprint density at radius 3 is 2.70 bits per heavy atom. The normalized spacial score (nSPS) is 17.0. The number of carbonyl (C=O) groups excluding carboxylic acids is 1. The highest BCUT2D eigenvalue weighted by Crippen LogP contribution is 2.30. The van der Waals surface area contributed by atoms with Crippen LogP contribution in [0.15, 0.2) is 0 Å². The Morgan fingerprint density at radius 1 is 1.70 bits per heavy atom. The number of carbonyl (C=O) groups is 1. The van der Waals surface area contributed by atoms with E-state index >= 15 is 0 Å². The number of hydrogen-bond acceptors (Lipinski definition) is 2. The van der Waals surface area contributed by atoms with Gasteiger partial charge in [0.2, 0.25) is 5.91 Å². The molecule has 3 heteroatoms. The van der Waals surface area contributed by atoms with Crippen molar-refractivity contribution >= 4 is 5.91 Å². The van der Waals surface area contributed by atoms with Crippen molar-refractivity contribution in [1.82, 2.24) is 5.06 Å². The second-order valence-corrected chi connectivity index (χ2v) is 2.74. The fourth-order valence-electron chi connectivity index (χ4n) is 0.863. The Bertz CT molecular complexity index is 132. The van der Waals surface area contributed by atoms with Crippen molar-refractivity contribution in [3.63, 3.8) is 0 Å². The van der Waals surface area contributed by atoms with Gasteiger partial charge in [0.1, 0.15) is 0 Å². The molecule has 0 heterocycles. The van der Waals surface area contributed by atoms with Gasteiger partial charge >= 0.3 is 0 Å². The monoisotopic (exact) mass is 143 g/mol. The van der Waals surface area contributed by atoms with Crippen LogP contribution in [0, 0.1) is 5.92 Å². The maximum atomic E-state index is 11.0. The minimum absolute atomic E-state index is 0.0955. The van der Waals surface area contributed by atoms with Gasteiger partial charge in [0.05, 0.1) is 0 Å². The predicted octanol–water partition coefficient (Wildman–Crippen LogP) is 1.02. The second kappa shape index (κ2) is 3.01. The molecule has 1 aliphatic carbocycles. The van der Waals surface area contributed by atoms with Gasteiger partial charge in [0.25, 0.3) is 0 Å². The van der Waals surface area contributed by atoms with Crippen LogP contribution >= 0.6 is 0 Å². The summed E-state index contributed by atoms with van der Waals surface area (Å²) < 4.78 is 0. The Labute approximate surface area is 60.6 Å². The van der Waals surface area contributed by atoms with E-state index in [0.717, 1.165) is 24.3 Å². The molecule has 1 fully saturated rings. The van der Waals surface area contributed by atoms with Crippen molar-refractivity contribution in [1.29, 1.82) is 0 Å². The van der Waals surface area contributed by atoms with E-state index < -0.39 is 0 Å². The molecule has 58 valence electrons. The molecule has 1 saturated carbocycles. The number of rotatable bonds is 3. The van der Waals surface area contributed by atoms with Gasteiger partial charge in [0, 0.05) is 12.5 Å². The number of hydrogen-bond donors (Lipinski definition) is 1. The van der Waals surface area contributed by atoms with Gasteiger partial charge in [-0.05, 0) is 19.3 Å². The van der Waals surface area contributed by atoms with Gasteiger partial charge in [-0.2, -0.15) is 0 Å². The summed E-state index contributed by atoms with van der Waals surface area (Å²) in [5, 5.41) is 9.86. The minimum atomic E-state index is -0.0955. The van der Waals surface area contributed by atoms with E-state index in [4.69, 9.17) is 5.21 Å². The third-order valence-corrected chi connectivity index (χ3v) is 1.62. The lowest BCUT2D eigenvalue weighted by atomic mass is 10.3. The summed E-state index contributed by atoms with van der Waals surface area (Å²) in [4.78, 5) is 11.0. The molecule has 3 nitrogen and oxygen atoms in total. The molecule has 10 heavy (non-hydrogen) atoms. The molecule has 1 amide bonds. The molecule has 0 aliphatic heterocycles. The maximum absolute atomic E-state index is 11.0. The highest BCUT2D eigenvalue weighted by molar-refractivity contribution is 5.79. The first-order chi connectivity index (χ1) is 4.75. The number of amides is 1. The Morgan fingerprint density at radius 2 is 2.30 bits per heavy atom. The lowest BCUT2D eigenvalue weighted by Gasteiger charge is -2.12. The smallest absolute Gasteiger partial charge is 0.249 e. The van der Waals surface area contributed by atoms with Crippen LogP contribution in [0.25, 0.3) is 0 Å². The van der Waals surface area contributed by atoms with E-state index in [1.165, 1.54) is 0 Å². The minimum Gasteiger partial charge on any atom is -0.286 e. The fraction of sp³-hybridized carbons (Fsp3) is 0.857. The summed E-state index contributed by atoms with van der Waals surface area (Å²) in [5.74, 6) is 0.0402. The summed E-state index contributed by atoms with van der Waals surface area (Å²) in [7, 11) is 0. The number of nitrogens with zero attached hydrogens (tertiary/aromatic N) is 1. The van der Waals surface area contributed by atoms with Crippen LogP contribution in [-0.2, 0) is 4.79 Å². The van der Waals surface area contributed by atoms with E-state index in [0.29, 0.717) is 6.54 Å². The van der Waals surface area contributed by atoms with Crippen LogP contribution < -0.4 is 0 Å². The highest BCUT2D eigenvalue weighted by Gasteiger charge is 2.32. The standard InChI is InChI=1S/C7H13NO2/c1-2-5-8(10)7(9)6-3-4-6/h6,10H,2-5H2,1H3. The van der Waals surface area contributed by atoms with Crippen LogP contribution in [0.4, 0.5) is 0 Å². The van der Waals surface area contributed by atoms with Crippen molar-refractivity contribution in [3.05, 3.63) is 0 Å². The van der Waals surface area contributed by atoms with E-state index in [9.17, 15) is 4.79 Å². The summed E-state index contributed by atoms with van der Waals surface area (Å²) in [6, 6.07) is 0. The van der Waals surface area contributed by atoms with Crippen molar-refractivity contribution < 1.29 is 10.0 Å². The molecule has 0 aromatic carbocycles. The lowest BCUT2D eigenvalue weighted by Crippen LogP contribution is -2.29. The van der Waals surface area contributed by atoms with Crippen LogP contribution in [0.5, 0.6) is 0 Å². The van der Waals surface area contributed by atoms with Crippen LogP contribution in [-0.4, -0.2) is 22.7 Å². The van der Waals surface area contributed by atoms with Crippen molar-refractivity contribution in [2.24, 2.45) is 5.92 Å². The van der Waals surface area contributed by atoms with E-state index in [2.05, 4.69) is 0 Å². The Balaban J connectivity index is 2.24. The van der Waals surface area contributed by atoms with Crippen LogP contribution in [0.1, 0.15) is 26.2 Å². The van der Waals surface area contributed by atoms with Gasteiger partial charge in [-0.25, -0.2) is 5.06 Å². The molecule has 0 unspecified atom stereocenters. The zero-order chi connectivity index (χ0) is 7.56. The van der Waals surface area contributed by atoms with Crippen LogP contribution in [0.2, 0.25) is 0 Å². The van der Waals surface area contributed by atoms with E-state index in [1.54, 1.807) is 0 Å². The van der Waals surface area contributed by atoms with Gasteiger partial charge in [0.15, 0.2) is 0 Å². The van der Waals surface area contributed by atoms with Crippen molar-refractivity contribution in [3.8, 4) is 0 Å². The molecule has 0 radical (unpaired) electrons. The topological polar surface area (TPSA) is 40.5 Å². The summed E-state index contributed by atoms with van der Waals surface area (Å²) in [5.41, 5.74) is 0. The van der Waals surface area contributed by atoms with Crippen molar-refractivity contribution in [2.75, 3.05) is 6.54 Å². The molecular formula is C7H13NO2. The molecule has 1 rings (SSSR count). The van der Waals surface area contributed by atoms with Gasteiger partial charge in [-0.1, -0.05) is 6.92 Å². The molecule has 0 aromatic heterocycles. The first kappa shape index (κ1) is 7.54. The molecule has 1 aliphatic rings. The second-order valence-electron chi connectivity index (χ2n) is 2.74. The van der Waals surface area contributed by atoms with Gasteiger partial charge in [-0.15, -0.1) is 0 Å². The molecule has 0 atom stereocenters. The Kier molecular flexibility index (Phi) is 2.27. The van der Waals surface area contributed by atoms with Crippen LogP contribution in [0.3, 0.4) is 0 Å². The average molecular weight is 143 g/mol. The lowest BCUT2D eigenvalue weighted by molar-refractivity contribution is -0.166. The zero-order valence-electron chi connectivity index (χ0n) is 6.21. The largest absolute Gasteiger partial charge is 0.286 e. The maximum Gasteiger partial charge on any atom is 0.249 e. The fourth-order valence-corrected chi connectivity index (χ4v) is 0.863. The molecule has 0 bridgehead atoms. The summed E-state index contributed by atoms with van der Waals surface area (Å²) in [6.45, 7) is 2.40. The number of hydroxylamine groups is 2. The van der Waals surface area contributed by atoms with Gasteiger partial charge < -0.3 is 0 Å². The summed E-state index contributed by atoms with van der Waals surface area (Å²) >= 11 is 0. The highest BCUT2D eigenvalue weighted by atomic mass is 16.5. The van der Waals surface area contributed by atoms with E-state index in [-0.39, 0.29) is 11.8 Å². The quantitative estimate of drug-likeness (QED) is 0.473. The van der Waals surface area contributed by atoms with E-state index in [1.807, 2.05) is 6.92 Å². The van der Waals surface area contributed by atoms with Crippen molar-refractivity contribution in [2.45, 2.75) is 26.2 Å². The molecular weight excluding hydrogens is 130 g/mol.